The van der Waals surface area contributed by atoms with E-state index in [0.29, 0.717) is 0 Å². The summed E-state index contributed by atoms with van der Waals surface area (Å²) < 4.78 is 43.8. The molecule has 0 aromatic heterocycles. The van der Waals surface area contributed by atoms with Gasteiger partial charge >= 0.3 is 12.1 Å². The second kappa shape index (κ2) is 9.90. The van der Waals surface area contributed by atoms with Crippen LogP contribution in [0.25, 0.3) is 0 Å². The number of ether oxygens (including phenoxy) is 1. The lowest BCUT2D eigenvalue weighted by Crippen LogP contribution is -2.38. The molecule has 0 fully saturated rings. The number of carbonyl (C=O) groups is 3. The van der Waals surface area contributed by atoms with Gasteiger partial charge in [-0.05, 0) is 25.1 Å². The fourth-order valence-electron chi connectivity index (χ4n) is 2.79. The van der Waals surface area contributed by atoms with Crippen LogP contribution in [0.3, 0.4) is 0 Å². The van der Waals surface area contributed by atoms with Gasteiger partial charge in [-0.15, -0.1) is 0 Å². The summed E-state index contributed by atoms with van der Waals surface area (Å²) in [5.74, 6) is -2.65. The van der Waals surface area contributed by atoms with Gasteiger partial charge in [0, 0.05) is 24.2 Å². The highest BCUT2D eigenvalue weighted by Crippen LogP contribution is 2.34. The summed E-state index contributed by atoms with van der Waals surface area (Å²) in [6, 6.07) is 7.28. The predicted molar refractivity (Wildman–Crippen MR) is 106 cm³/mol. The number of nitro groups is 1. The smallest absolute Gasteiger partial charge is 0.418 e. The Morgan fingerprint density at radius 2 is 1.75 bits per heavy atom. The number of nitrogens with one attached hydrogen (secondary N) is 1. The van der Waals surface area contributed by atoms with Crippen molar-refractivity contribution in [3.8, 4) is 0 Å². The Balaban J connectivity index is 2.27. The molecule has 0 saturated carbocycles. The molecule has 12 heteroatoms. The molecule has 0 radical (unpaired) electrons. The number of rotatable bonds is 7. The summed E-state index contributed by atoms with van der Waals surface area (Å²) in [5, 5.41) is 13.3. The highest BCUT2D eigenvalue weighted by atomic mass is 19.4. The lowest BCUT2D eigenvalue weighted by Gasteiger charge is -2.21. The molecule has 9 nitrogen and oxygen atoms in total. The Hall–Kier alpha value is -3.96. The van der Waals surface area contributed by atoms with Crippen LogP contribution in [-0.2, 0) is 15.7 Å². The third kappa shape index (κ3) is 5.80. The highest BCUT2D eigenvalue weighted by Gasteiger charge is 2.33. The molecule has 0 saturated heterocycles. The van der Waals surface area contributed by atoms with Gasteiger partial charge in [0.15, 0.2) is 0 Å². The summed E-state index contributed by atoms with van der Waals surface area (Å²) in [5.41, 5.74) is -2.58. The van der Waals surface area contributed by atoms with Crippen LogP contribution in [0.5, 0.6) is 0 Å². The Morgan fingerprint density at radius 3 is 2.31 bits per heavy atom. The number of nitrogens with zero attached hydrogens (tertiary/aromatic N) is 2. The maximum Gasteiger partial charge on any atom is 0.418 e. The second-order valence-corrected chi connectivity index (χ2v) is 6.43. The first kappa shape index (κ1) is 24.3. The summed E-state index contributed by atoms with van der Waals surface area (Å²) >= 11 is 0. The molecule has 0 unspecified atom stereocenters. The Labute approximate surface area is 179 Å². The van der Waals surface area contributed by atoms with E-state index in [1.165, 1.54) is 19.1 Å². The van der Waals surface area contributed by atoms with E-state index in [0.717, 1.165) is 42.3 Å². The molecular formula is C20H18F3N3O6. The van der Waals surface area contributed by atoms with E-state index in [2.05, 4.69) is 10.1 Å². The zero-order valence-corrected chi connectivity index (χ0v) is 16.9. The molecule has 0 aliphatic carbocycles. The zero-order chi connectivity index (χ0) is 24.1. The summed E-state index contributed by atoms with van der Waals surface area (Å²) in [7, 11) is 1.06. The molecule has 32 heavy (non-hydrogen) atoms. The number of esters is 1. The van der Waals surface area contributed by atoms with Crippen molar-refractivity contribution in [2.24, 2.45) is 0 Å². The number of hydrogen-bond donors (Lipinski definition) is 1. The maximum atomic E-state index is 13.1. The normalized spacial score (nSPS) is 10.9. The molecule has 0 bridgehead atoms. The van der Waals surface area contributed by atoms with Crippen LogP contribution < -0.4 is 5.32 Å². The SMILES string of the molecule is CCN(CC(=O)Nc1ccccc1C(F)(F)F)C(=O)c1cc(C(=O)OC)cc([N+](=O)[O-])c1. The van der Waals surface area contributed by atoms with E-state index >= 15 is 0 Å². The van der Waals surface area contributed by atoms with Crippen molar-refractivity contribution in [1.82, 2.24) is 4.90 Å². The largest absolute Gasteiger partial charge is 0.465 e. The molecule has 0 aliphatic rings. The van der Waals surface area contributed by atoms with Gasteiger partial charge in [-0.2, -0.15) is 13.2 Å². The van der Waals surface area contributed by atoms with Crippen LogP contribution in [0.4, 0.5) is 24.5 Å². The third-order valence-corrected chi connectivity index (χ3v) is 4.31. The van der Waals surface area contributed by atoms with E-state index in [9.17, 15) is 37.7 Å². The van der Waals surface area contributed by atoms with Crippen LogP contribution in [0.2, 0.25) is 0 Å². The topological polar surface area (TPSA) is 119 Å². The van der Waals surface area contributed by atoms with Gasteiger partial charge in [-0.3, -0.25) is 19.7 Å². The molecule has 2 aromatic rings. The first-order chi connectivity index (χ1) is 15.0. The number of hydrogen-bond acceptors (Lipinski definition) is 6. The van der Waals surface area contributed by atoms with Gasteiger partial charge in [0.2, 0.25) is 5.91 Å². The third-order valence-electron chi connectivity index (χ3n) is 4.31. The number of alkyl halides is 3. The number of likely N-dealkylation sites (N-methyl/N-ethyl adjacent to an activating group) is 1. The van der Waals surface area contributed by atoms with Crippen LogP contribution in [0.15, 0.2) is 42.5 Å². The Morgan fingerprint density at radius 1 is 1.12 bits per heavy atom. The van der Waals surface area contributed by atoms with Crippen LogP contribution in [0.1, 0.15) is 33.2 Å². The first-order valence-corrected chi connectivity index (χ1v) is 9.11. The fraction of sp³-hybridized carbons (Fsp3) is 0.250. The van der Waals surface area contributed by atoms with Crippen LogP contribution >= 0.6 is 0 Å². The van der Waals surface area contributed by atoms with Gasteiger partial charge in [0.25, 0.3) is 11.6 Å². The van der Waals surface area contributed by atoms with E-state index < -0.39 is 52.4 Å². The van der Waals surface area contributed by atoms with Gasteiger partial charge < -0.3 is 15.0 Å². The lowest BCUT2D eigenvalue weighted by molar-refractivity contribution is -0.384. The van der Waals surface area contributed by atoms with Crippen LogP contribution in [0, 0.1) is 10.1 Å². The van der Waals surface area contributed by atoms with Crippen molar-refractivity contribution < 1.29 is 37.2 Å². The Kier molecular flexibility index (Phi) is 7.52. The van der Waals surface area contributed by atoms with Crippen molar-refractivity contribution >= 4 is 29.2 Å². The minimum Gasteiger partial charge on any atom is -0.465 e. The van der Waals surface area contributed by atoms with E-state index in [1.807, 2.05) is 0 Å². The van der Waals surface area contributed by atoms with Gasteiger partial charge in [0.05, 0.1) is 28.8 Å². The van der Waals surface area contributed by atoms with Crippen molar-refractivity contribution in [3.63, 3.8) is 0 Å². The maximum absolute atomic E-state index is 13.1. The minimum absolute atomic E-state index is 0.0383. The van der Waals surface area contributed by atoms with Crippen molar-refractivity contribution in [1.29, 1.82) is 0 Å². The predicted octanol–water partition coefficient (Wildman–Crippen LogP) is 3.50. The molecule has 2 rings (SSSR count). The molecule has 0 heterocycles. The van der Waals surface area contributed by atoms with E-state index in [4.69, 9.17) is 0 Å². The summed E-state index contributed by atoms with van der Waals surface area (Å²) in [6.45, 7) is 0.842. The summed E-state index contributed by atoms with van der Waals surface area (Å²) in [6.07, 6.45) is -4.70. The number of amides is 2. The van der Waals surface area contributed by atoms with E-state index in [1.54, 1.807) is 0 Å². The fourth-order valence-corrected chi connectivity index (χ4v) is 2.79. The lowest BCUT2D eigenvalue weighted by atomic mass is 10.1. The monoisotopic (exact) mass is 453 g/mol. The second-order valence-electron chi connectivity index (χ2n) is 6.43. The highest BCUT2D eigenvalue weighted by molar-refractivity contribution is 6.01. The standard InChI is InChI=1S/C20H18F3N3O6/c1-3-25(11-17(27)24-16-7-5-4-6-15(16)20(21,22)23)18(28)12-8-13(19(29)32-2)10-14(9-12)26(30)31/h4-10H,3,11H2,1-2H3,(H,24,27). The molecule has 170 valence electrons. The van der Waals surface area contributed by atoms with Gasteiger partial charge in [-0.1, -0.05) is 12.1 Å². The molecule has 2 amide bonds. The summed E-state index contributed by atoms with van der Waals surface area (Å²) in [4.78, 5) is 48.2. The van der Waals surface area contributed by atoms with Crippen LogP contribution in [-0.4, -0.2) is 47.8 Å². The number of non-ortho nitro benzene ring substituents is 1. The average molecular weight is 453 g/mol. The van der Waals surface area contributed by atoms with Crippen molar-refractivity contribution in [2.45, 2.75) is 13.1 Å². The number of para-hydroxylation sites is 1. The molecule has 1 N–H and O–H groups in total. The molecule has 2 aromatic carbocycles. The molecular weight excluding hydrogens is 435 g/mol. The molecule has 0 aliphatic heterocycles. The number of anilines is 1. The number of nitro benzene ring substituents is 1. The zero-order valence-electron chi connectivity index (χ0n) is 16.9. The van der Waals surface area contributed by atoms with Crippen molar-refractivity contribution in [2.75, 3.05) is 25.5 Å². The first-order valence-electron chi connectivity index (χ1n) is 9.11. The quantitative estimate of drug-likeness (QED) is 0.389. The minimum atomic E-state index is -4.70. The number of benzene rings is 2. The average Bonchev–Trinajstić information content (AvgIpc) is 2.75. The van der Waals surface area contributed by atoms with Crippen molar-refractivity contribution in [3.05, 3.63) is 69.3 Å². The Bertz CT molecular complexity index is 1060. The molecule has 0 atom stereocenters. The number of methoxy groups -OCH3 is 1. The molecule has 0 spiro atoms. The van der Waals surface area contributed by atoms with E-state index in [-0.39, 0.29) is 17.7 Å². The van der Waals surface area contributed by atoms with Gasteiger partial charge in [0.1, 0.15) is 6.54 Å². The number of halogens is 3. The van der Waals surface area contributed by atoms with Gasteiger partial charge in [-0.25, -0.2) is 4.79 Å². The number of carbonyl (C=O) groups excluding carboxylic acids is 3.